The van der Waals surface area contributed by atoms with E-state index in [2.05, 4.69) is 21.2 Å². The van der Waals surface area contributed by atoms with Crippen molar-refractivity contribution >= 4 is 33.4 Å². The molecule has 0 aliphatic heterocycles. The Morgan fingerprint density at radius 3 is 2.88 bits per heavy atom. The standard InChI is InChI=1S/C11H14BrClN2O/c1-7(5-14)11(16)15-6-8-2-3-9(12)4-10(8)13/h2-4,7H,5-6,14H2,1H3,(H,15,16). The van der Waals surface area contributed by atoms with Gasteiger partial charge in [0.15, 0.2) is 0 Å². The minimum atomic E-state index is -0.172. The molecule has 0 radical (unpaired) electrons. The lowest BCUT2D eigenvalue weighted by Gasteiger charge is -2.10. The van der Waals surface area contributed by atoms with Gasteiger partial charge in [-0.15, -0.1) is 0 Å². The van der Waals surface area contributed by atoms with Crippen LogP contribution in [0.4, 0.5) is 0 Å². The van der Waals surface area contributed by atoms with Crippen LogP contribution in [0.2, 0.25) is 5.02 Å². The zero-order valence-corrected chi connectivity index (χ0v) is 11.3. The van der Waals surface area contributed by atoms with Crippen molar-refractivity contribution in [2.24, 2.45) is 11.7 Å². The quantitative estimate of drug-likeness (QED) is 0.897. The molecule has 0 heterocycles. The average molecular weight is 306 g/mol. The Morgan fingerprint density at radius 2 is 2.31 bits per heavy atom. The molecule has 1 rings (SSSR count). The molecule has 5 heteroatoms. The van der Waals surface area contributed by atoms with Crippen LogP contribution in [0.25, 0.3) is 0 Å². The first-order valence-corrected chi connectivity index (χ1v) is 6.13. The summed E-state index contributed by atoms with van der Waals surface area (Å²) >= 11 is 9.34. The fraction of sp³-hybridized carbons (Fsp3) is 0.364. The Kier molecular flexibility index (Phi) is 5.25. The minimum Gasteiger partial charge on any atom is -0.352 e. The smallest absolute Gasteiger partial charge is 0.224 e. The van der Waals surface area contributed by atoms with Gasteiger partial charge < -0.3 is 11.1 Å². The molecular weight excluding hydrogens is 291 g/mol. The van der Waals surface area contributed by atoms with Crippen molar-refractivity contribution in [3.63, 3.8) is 0 Å². The summed E-state index contributed by atoms with van der Waals surface area (Å²) in [5.41, 5.74) is 6.29. The van der Waals surface area contributed by atoms with Gasteiger partial charge in [-0.1, -0.05) is 40.5 Å². The lowest BCUT2D eigenvalue weighted by molar-refractivity contribution is -0.124. The SMILES string of the molecule is CC(CN)C(=O)NCc1ccc(Br)cc1Cl. The largest absolute Gasteiger partial charge is 0.352 e. The first-order chi connectivity index (χ1) is 7.54. The van der Waals surface area contributed by atoms with Crippen LogP contribution in [0.5, 0.6) is 0 Å². The summed E-state index contributed by atoms with van der Waals surface area (Å²) in [5.74, 6) is -0.226. The van der Waals surface area contributed by atoms with Gasteiger partial charge in [0.1, 0.15) is 0 Å². The number of carbonyl (C=O) groups excluding carboxylic acids is 1. The maximum Gasteiger partial charge on any atom is 0.224 e. The molecule has 0 bridgehead atoms. The third-order valence-electron chi connectivity index (χ3n) is 2.27. The highest BCUT2D eigenvalue weighted by atomic mass is 79.9. The Morgan fingerprint density at radius 1 is 1.62 bits per heavy atom. The molecule has 88 valence electrons. The van der Waals surface area contributed by atoms with Crippen LogP contribution in [0.15, 0.2) is 22.7 Å². The summed E-state index contributed by atoms with van der Waals surface area (Å²) in [7, 11) is 0. The van der Waals surface area contributed by atoms with Crippen molar-refractivity contribution in [1.29, 1.82) is 0 Å². The topological polar surface area (TPSA) is 55.1 Å². The van der Waals surface area contributed by atoms with Gasteiger partial charge in [0, 0.05) is 28.5 Å². The van der Waals surface area contributed by atoms with E-state index in [0.29, 0.717) is 18.1 Å². The molecule has 16 heavy (non-hydrogen) atoms. The van der Waals surface area contributed by atoms with Gasteiger partial charge in [0.25, 0.3) is 0 Å². The number of hydrogen-bond donors (Lipinski definition) is 2. The van der Waals surface area contributed by atoms with Crippen LogP contribution in [-0.2, 0) is 11.3 Å². The Labute approximate surface area is 108 Å². The van der Waals surface area contributed by atoms with Gasteiger partial charge in [-0.3, -0.25) is 4.79 Å². The molecule has 1 aromatic rings. The third-order valence-corrected chi connectivity index (χ3v) is 3.11. The van der Waals surface area contributed by atoms with E-state index in [1.165, 1.54) is 0 Å². The molecule has 1 unspecified atom stereocenters. The van der Waals surface area contributed by atoms with Gasteiger partial charge in [-0.25, -0.2) is 0 Å². The predicted octanol–water partition coefficient (Wildman–Crippen LogP) is 2.31. The van der Waals surface area contributed by atoms with E-state index in [-0.39, 0.29) is 11.8 Å². The Balaban J connectivity index is 2.58. The molecule has 1 aromatic carbocycles. The van der Waals surface area contributed by atoms with E-state index < -0.39 is 0 Å². The van der Waals surface area contributed by atoms with Gasteiger partial charge in [0.2, 0.25) is 5.91 Å². The van der Waals surface area contributed by atoms with E-state index in [4.69, 9.17) is 17.3 Å². The summed E-state index contributed by atoms with van der Waals surface area (Å²) in [6.07, 6.45) is 0. The Bertz CT molecular complexity index is 384. The summed E-state index contributed by atoms with van der Waals surface area (Å²) in [6.45, 7) is 2.56. The van der Waals surface area contributed by atoms with Crippen LogP contribution in [0.1, 0.15) is 12.5 Å². The van der Waals surface area contributed by atoms with Crippen molar-refractivity contribution < 1.29 is 4.79 Å². The Hall–Kier alpha value is -0.580. The third kappa shape index (κ3) is 3.77. The monoisotopic (exact) mass is 304 g/mol. The first-order valence-electron chi connectivity index (χ1n) is 4.96. The van der Waals surface area contributed by atoms with E-state index in [1.54, 1.807) is 13.0 Å². The summed E-state index contributed by atoms with van der Waals surface area (Å²) in [4.78, 5) is 11.5. The molecule has 0 saturated heterocycles. The van der Waals surface area contributed by atoms with Crippen molar-refractivity contribution in [3.05, 3.63) is 33.3 Å². The van der Waals surface area contributed by atoms with Crippen LogP contribution in [0, 0.1) is 5.92 Å². The van der Waals surface area contributed by atoms with E-state index >= 15 is 0 Å². The van der Waals surface area contributed by atoms with Crippen LogP contribution < -0.4 is 11.1 Å². The summed E-state index contributed by atoms with van der Waals surface area (Å²) in [6, 6.07) is 5.56. The molecule has 0 aromatic heterocycles. The van der Waals surface area contributed by atoms with Crippen molar-refractivity contribution in [2.75, 3.05) is 6.54 Å². The van der Waals surface area contributed by atoms with Crippen LogP contribution in [0.3, 0.4) is 0 Å². The molecule has 3 N–H and O–H groups in total. The molecule has 0 aliphatic rings. The van der Waals surface area contributed by atoms with Gasteiger partial charge in [-0.2, -0.15) is 0 Å². The van der Waals surface area contributed by atoms with Crippen molar-refractivity contribution in [2.45, 2.75) is 13.5 Å². The minimum absolute atomic E-state index is 0.0542. The second-order valence-corrected chi connectivity index (χ2v) is 4.91. The second kappa shape index (κ2) is 6.23. The summed E-state index contributed by atoms with van der Waals surface area (Å²) < 4.78 is 0.919. The number of rotatable bonds is 4. The maximum absolute atomic E-state index is 11.5. The first kappa shape index (κ1) is 13.5. The lowest BCUT2D eigenvalue weighted by Crippen LogP contribution is -2.32. The molecule has 0 saturated carbocycles. The molecule has 1 amide bonds. The normalized spacial score (nSPS) is 12.2. The molecule has 0 spiro atoms. The molecule has 3 nitrogen and oxygen atoms in total. The van der Waals surface area contributed by atoms with Crippen LogP contribution in [-0.4, -0.2) is 12.5 Å². The number of hydrogen-bond acceptors (Lipinski definition) is 2. The van der Waals surface area contributed by atoms with Crippen molar-refractivity contribution in [1.82, 2.24) is 5.32 Å². The summed E-state index contributed by atoms with van der Waals surface area (Å²) in [5, 5.41) is 3.43. The van der Waals surface area contributed by atoms with E-state index in [1.807, 2.05) is 12.1 Å². The highest BCUT2D eigenvalue weighted by Crippen LogP contribution is 2.21. The molecule has 0 aliphatic carbocycles. The zero-order valence-electron chi connectivity index (χ0n) is 8.97. The average Bonchev–Trinajstić information content (AvgIpc) is 2.26. The number of nitrogens with one attached hydrogen (secondary N) is 1. The predicted molar refractivity (Wildman–Crippen MR) is 69.2 cm³/mol. The van der Waals surface area contributed by atoms with Gasteiger partial charge in [0.05, 0.1) is 0 Å². The molecular formula is C11H14BrClN2O. The zero-order chi connectivity index (χ0) is 12.1. The second-order valence-electron chi connectivity index (χ2n) is 3.59. The molecule has 0 fully saturated rings. The van der Waals surface area contributed by atoms with E-state index in [9.17, 15) is 4.79 Å². The van der Waals surface area contributed by atoms with E-state index in [0.717, 1.165) is 10.0 Å². The number of nitrogens with two attached hydrogens (primary N) is 1. The fourth-order valence-electron chi connectivity index (χ4n) is 1.13. The number of benzene rings is 1. The maximum atomic E-state index is 11.5. The number of carbonyl (C=O) groups is 1. The van der Waals surface area contributed by atoms with Gasteiger partial charge >= 0.3 is 0 Å². The van der Waals surface area contributed by atoms with Crippen molar-refractivity contribution in [3.8, 4) is 0 Å². The molecule has 1 atom stereocenters. The number of amides is 1. The highest BCUT2D eigenvalue weighted by Gasteiger charge is 2.10. The lowest BCUT2D eigenvalue weighted by atomic mass is 10.1. The van der Waals surface area contributed by atoms with Gasteiger partial charge in [-0.05, 0) is 17.7 Å². The fourth-order valence-corrected chi connectivity index (χ4v) is 1.87. The number of halogens is 2. The highest BCUT2D eigenvalue weighted by molar-refractivity contribution is 9.10. The van der Waals surface area contributed by atoms with Crippen LogP contribution >= 0.6 is 27.5 Å².